The van der Waals surface area contributed by atoms with Crippen molar-refractivity contribution in [2.24, 2.45) is 0 Å². The molecule has 0 atom stereocenters. The number of rotatable bonds is 3. The molecule has 2 heterocycles. The summed E-state index contributed by atoms with van der Waals surface area (Å²) in [5, 5.41) is 0. The molecule has 0 spiro atoms. The molecule has 1 fully saturated rings. The van der Waals surface area contributed by atoms with Gasteiger partial charge in [-0.3, -0.25) is 0 Å². The fourth-order valence-electron chi connectivity index (χ4n) is 2.50. The summed E-state index contributed by atoms with van der Waals surface area (Å²) < 4.78 is 61.8. The lowest BCUT2D eigenvalue weighted by atomic mass is 10.0. The molecule has 9 heteroatoms. The average Bonchev–Trinajstić information content (AvgIpc) is 2.45. The van der Waals surface area contributed by atoms with Crippen molar-refractivity contribution < 1.29 is 21.6 Å². The van der Waals surface area contributed by atoms with Crippen LogP contribution in [0.1, 0.15) is 18.5 Å². The highest BCUT2D eigenvalue weighted by Crippen LogP contribution is 2.29. The molecule has 1 aliphatic heterocycles. The number of alkyl halides is 3. The van der Waals surface area contributed by atoms with Crippen molar-refractivity contribution in [3.05, 3.63) is 24.0 Å². The van der Waals surface area contributed by atoms with Crippen LogP contribution in [0, 0.1) is 0 Å². The molecular weight excluding hydrogens is 319 g/mol. The van der Waals surface area contributed by atoms with Gasteiger partial charge in [-0.05, 0) is 25.0 Å². The third-order valence-electron chi connectivity index (χ3n) is 3.91. The van der Waals surface area contributed by atoms with E-state index < -0.39 is 21.9 Å². The lowest BCUT2D eigenvalue weighted by Gasteiger charge is -2.36. The van der Waals surface area contributed by atoms with Gasteiger partial charge in [0.05, 0.1) is 18.1 Å². The summed E-state index contributed by atoms with van der Waals surface area (Å²) in [4.78, 5) is 5.36. The van der Waals surface area contributed by atoms with E-state index in [-0.39, 0.29) is 6.04 Å². The average molecular weight is 337 g/mol. The van der Waals surface area contributed by atoms with Crippen molar-refractivity contribution in [3.63, 3.8) is 0 Å². The van der Waals surface area contributed by atoms with E-state index >= 15 is 0 Å². The molecule has 0 N–H and O–H groups in total. The van der Waals surface area contributed by atoms with Gasteiger partial charge >= 0.3 is 6.18 Å². The highest BCUT2D eigenvalue weighted by molar-refractivity contribution is 7.88. The van der Waals surface area contributed by atoms with Crippen LogP contribution in [0.5, 0.6) is 0 Å². The zero-order valence-electron chi connectivity index (χ0n) is 12.3. The van der Waals surface area contributed by atoms with Crippen LogP contribution in [0.2, 0.25) is 0 Å². The van der Waals surface area contributed by atoms with E-state index in [9.17, 15) is 21.6 Å². The number of piperidine rings is 1. The van der Waals surface area contributed by atoms with E-state index in [4.69, 9.17) is 0 Å². The van der Waals surface area contributed by atoms with Gasteiger partial charge in [0.25, 0.3) is 0 Å². The molecule has 0 aliphatic carbocycles. The monoisotopic (exact) mass is 337 g/mol. The Morgan fingerprint density at radius 1 is 1.27 bits per heavy atom. The molecule has 0 amide bonds. The number of hydrogen-bond acceptors (Lipinski definition) is 4. The summed E-state index contributed by atoms with van der Waals surface area (Å²) in [7, 11) is -1.68. The summed E-state index contributed by atoms with van der Waals surface area (Å²) in [6, 6.07) is 2.29. The van der Waals surface area contributed by atoms with Crippen molar-refractivity contribution in [1.29, 1.82) is 0 Å². The summed E-state index contributed by atoms with van der Waals surface area (Å²) in [5.74, 6) is 0. The van der Waals surface area contributed by atoms with Crippen LogP contribution < -0.4 is 4.90 Å². The zero-order valence-corrected chi connectivity index (χ0v) is 13.2. The molecule has 1 aromatic heterocycles. The smallest absolute Gasteiger partial charge is 0.370 e. The van der Waals surface area contributed by atoms with Crippen LogP contribution in [0.3, 0.4) is 0 Å². The number of sulfonamides is 1. The van der Waals surface area contributed by atoms with Crippen LogP contribution in [0.15, 0.2) is 18.3 Å². The van der Waals surface area contributed by atoms with Gasteiger partial charge in [0.2, 0.25) is 10.0 Å². The van der Waals surface area contributed by atoms with E-state index in [1.54, 1.807) is 7.05 Å². The van der Waals surface area contributed by atoms with Crippen molar-refractivity contribution in [1.82, 2.24) is 9.29 Å². The van der Waals surface area contributed by atoms with Gasteiger partial charge in [-0.2, -0.15) is 13.2 Å². The molecule has 0 radical (unpaired) electrons. The van der Waals surface area contributed by atoms with Crippen molar-refractivity contribution in [2.75, 3.05) is 31.3 Å². The molecule has 5 nitrogen and oxygen atoms in total. The van der Waals surface area contributed by atoms with Gasteiger partial charge in [-0.15, -0.1) is 0 Å². The fraction of sp³-hybridized carbons (Fsp3) is 0.615. The Balaban J connectivity index is 2.00. The van der Waals surface area contributed by atoms with Gasteiger partial charge in [0.1, 0.15) is 5.69 Å². The summed E-state index contributed by atoms with van der Waals surface area (Å²) in [6.07, 6.45) is -0.804. The number of aromatic nitrogens is 1. The summed E-state index contributed by atoms with van der Waals surface area (Å²) in [5.41, 5.74) is -0.295. The van der Waals surface area contributed by atoms with E-state index in [0.717, 1.165) is 6.07 Å². The maximum atomic E-state index is 12.5. The number of pyridine rings is 1. The fourth-order valence-corrected chi connectivity index (χ4v) is 3.25. The van der Waals surface area contributed by atoms with Gasteiger partial charge in [0.15, 0.2) is 0 Å². The normalized spacial score (nSPS) is 18.0. The summed E-state index contributed by atoms with van der Waals surface area (Å²) in [6.45, 7) is 1.16. The second kappa shape index (κ2) is 6.04. The number of halogens is 3. The minimum atomic E-state index is -4.44. The largest absolute Gasteiger partial charge is 0.433 e. The van der Waals surface area contributed by atoms with Crippen molar-refractivity contribution in [3.8, 4) is 0 Å². The van der Waals surface area contributed by atoms with E-state index in [2.05, 4.69) is 4.98 Å². The molecule has 1 aromatic rings. The molecule has 1 aliphatic rings. The van der Waals surface area contributed by atoms with E-state index in [0.29, 0.717) is 31.6 Å². The zero-order chi connectivity index (χ0) is 16.5. The second-order valence-electron chi connectivity index (χ2n) is 5.40. The molecule has 1 saturated heterocycles. The SMILES string of the molecule is CN(C1CCN(c2ccc(C(F)(F)F)nc2)CC1)S(C)(=O)=O. The van der Waals surface area contributed by atoms with Crippen LogP contribution in [-0.4, -0.2) is 50.1 Å². The molecule has 0 bridgehead atoms. The Labute approximate surface area is 127 Å². The predicted molar refractivity (Wildman–Crippen MR) is 77.1 cm³/mol. The Kier molecular flexibility index (Phi) is 4.67. The first kappa shape index (κ1) is 17.0. The van der Waals surface area contributed by atoms with Gasteiger partial charge in [-0.25, -0.2) is 17.7 Å². The minimum absolute atomic E-state index is 0.0753. The highest BCUT2D eigenvalue weighted by atomic mass is 32.2. The van der Waals surface area contributed by atoms with Crippen LogP contribution in [0.4, 0.5) is 18.9 Å². The number of nitrogens with zero attached hydrogens (tertiary/aromatic N) is 3. The molecule has 0 unspecified atom stereocenters. The van der Waals surface area contributed by atoms with E-state index in [1.165, 1.54) is 22.8 Å². The van der Waals surface area contributed by atoms with Crippen LogP contribution in [0.25, 0.3) is 0 Å². The van der Waals surface area contributed by atoms with Gasteiger partial charge in [0, 0.05) is 26.2 Å². The van der Waals surface area contributed by atoms with Crippen LogP contribution in [-0.2, 0) is 16.2 Å². The lowest BCUT2D eigenvalue weighted by Crippen LogP contribution is -2.45. The molecular formula is C13H18F3N3O2S. The van der Waals surface area contributed by atoms with Crippen molar-refractivity contribution >= 4 is 15.7 Å². The number of hydrogen-bond donors (Lipinski definition) is 0. The minimum Gasteiger partial charge on any atom is -0.370 e. The van der Waals surface area contributed by atoms with E-state index in [1.807, 2.05) is 4.90 Å². The van der Waals surface area contributed by atoms with Crippen LogP contribution >= 0.6 is 0 Å². The maximum absolute atomic E-state index is 12.5. The standard InChI is InChI=1S/C13H18F3N3O2S/c1-18(22(2,20)21)10-5-7-19(8-6-10)11-3-4-12(17-9-11)13(14,15)16/h3-4,9-10H,5-8H2,1-2H3. The Morgan fingerprint density at radius 3 is 2.27 bits per heavy atom. The third kappa shape index (κ3) is 3.89. The molecule has 22 heavy (non-hydrogen) atoms. The quantitative estimate of drug-likeness (QED) is 0.846. The Bertz CT molecular complexity index is 608. The molecule has 124 valence electrons. The highest BCUT2D eigenvalue weighted by Gasteiger charge is 2.32. The first-order valence-electron chi connectivity index (χ1n) is 6.80. The van der Waals surface area contributed by atoms with Crippen molar-refractivity contribution in [2.45, 2.75) is 25.1 Å². The maximum Gasteiger partial charge on any atom is 0.433 e. The first-order chi connectivity index (χ1) is 10.1. The second-order valence-corrected chi connectivity index (χ2v) is 7.44. The molecule has 2 rings (SSSR count). The molecule has 0 aromatic carbocycles. The Hall–Kier alpha value is -1.35. The van der Waals surface area contributed by atoms with Gasteiger partial charge in [-0.1, -0.05) is 0 Å². The topological polar surface area (TPSA) is 53.5 Å². The predicted octanol–water partition coefficient (Wildman–Crippen LogP) is 1.96. The third-order valence-corrected chi connectivity index (χ3v) is 5.25. The summed E-state index contributed by atoms with van der Waals surface area (Å²) >= 11 is 0. The Morgan fingerprint density at radius 2 is 1.86 bits per heavy atom. The first-order valence-corrected chi connectivity index (χ1v) is 8.65. The number of anilines is 1. The molecule has 0 saturated carbocycles. The van der Waals surface area contributed by atoms with Gasteiger partial charge < -0.3 is 4.90 Å². The lowest BCUT2D eigenvalue weighted by molar-refractivity contribution is -0.141.